The number of halogens is 1. The Labute approximate surface area is 182 Å². The number of hydrogen-bond acceptors (Lipinski definition) is 5. The number of aromatic nitrogens is 1. The van der Waals surface area contributed by atoms with Gasteiger partial charge in [0.05, 0.1) is 24.1 Å². The third-order valence-electron chi connectivity index (χ3n) is 5.43. The molecule has 0 bridgehead atoms. The van der Waals surface area contributed by atoms with Crippen molar-refractivity contribution in [3.8, 4) is 5.75 Å². The predicted molar refractivity (Wildman–Crippen MR) is 116 cm³/mol. The molecule has 5 rings (SSSR count). The van der Waals surface area contributed by atoms with E-state index in [0.717, 1.165) is 11.1 Å². The van der Waals surface area contributed by atoms with Gasteiger partial charge in [-0.3, -0.25) is 14.6 Å². The van der Waals surface area contributed by atoms with Crippen LogP contribution in [0.25, 0.3) is 11.0 Å². The van der Waals surface area contributed by atoms with Gasteiger partial charge >= 0.3 is 0 Å². The predicted octanol–water partition coefficient (Wildman–Crippen LogP) is 4.60. The number of carbonyl (C=O) groups is 1. The summed E-state index contributed by atoms with van der Waals surface area (Å²) in [5.41, 5.74) is 2.02. The molecular formula is C24H17ClN2O4. The van der Waals surface area contributed by atoms with E-state index in [-0.39, 0.29) is 23.6 Å². The van der Waals surface area contributed by atoms with Crippen LogP contribution in [-0.4, -0.2) is 22.9 Å². The highest BCUT2D eigenvalue weighted by atomic mass is 35.5. The molecule has 0 aliphatic carbocycles. The van der Waals surface area contributed by atoms with Gasteiger partial charge in [-0.1, -0.05) is 29.8 Å². The maximum Gasteiger partial charge on any atom is 0.291 e. The van der Waals surface area contributed by atoms with Crippen LogP contribution in [0.1, 0.15) is 33.3 Å². The molecular weight excluding hydrogens is 416 g/mol. The van der Waals surface area contributed by atoms with Gasteiger partial charge in [0.1, 0.15) is 11.3 Å². The quantitative estimate of drug-likeness (QED) is 0.471. The van der Waals surface area contributed by atoms with Crippen molar-refractivity contribution in [3.05, 3.63) is 105 Å². The highest BCUT2D eigenvalue weighted by Gasteiger charge is 2.42. The fourth-order valence-corrected chi connectivity index (χ4v) is 4.15. The van der Waals surface area contributed by atoms with Crippen LogP contribution in [0.15, 0.2) is 76.2 Å². The maximum atomic E-state index is 13.5. The van der Waals surface area contributed by atoms with Gasteiger partial charge in [-0.2, -0.15) is 0 Å². The van der Waals surface area contributed by atoms with Crippen molar-refractivity contribution in [1.29, 1.82) is 0 Å². The number of nitrogens with zero attached hydrogens (tertiary/aromatic N) is 2. The molecule has 0 fully saturated rings. The molecule has 4 aromatic rings. The summed E-state index contributed by atoms with van der Waals surface area (Å²) in [7, 11) is 1.59. The molecule has 1 atom stereocenters. The van der Waals surface area contributed by atoms with Crippen LogP contribution in [-0.2, 0) is 6.54 Å². The first-order valence-electron chi connectivity index (χ1n) is 9.67. The number of pyridine rings is 1. The summed E-state index contributed by atoms with van der Waals surface area (Å²) in [6, 6.07) is 15.2. The second-order valence-corrected chi connectivity index (χ2v) is 7.72. The zero-order valence-electron chi connectivity index (χ0n) is 16.5. The summed E-state index contributed by atoms with van der Waals surface area (Å²) in [5, 5.41) is 0.776. The highest BCUT2D eigenvalue weighted by molar-refractivity contribution is 6.31. The van der Waals surface area contributed by atoms with E-state index in [1.807, 2.05) is 24.3 Å². The third kappa shape index (κ3) is 3.25. The maximum absolute atomic E-state index is 13.5. The number of amides is 1. The zero-order valence-corrected chi connectivity index (χ0v) is 17.3. The first-order chi connectivity index (χ1) is 15.1. The van der Waals surface area contributed by atoms with E-state index in [1.165, 1.54) is 0 Å². The lowest BCUT2D eigenvalue weighted by molar-refractivity contribution is 0.0714. The molecule has 1 aliphatic rings. The van der Waals surface area contributed by atoms with Gasteiger partial charge in [0, 0.05) is 24.0 Å². The third-order valence-corrected chi connectivity index (χ3v) is 5.67. The number of rotatable bonds is 4. The van der Waals surface area contributed by atoms with Crippen LogP contribution < -0.4 is 10.2 Å². The number of methoxy groups -OCH3 is 1. The van der Waals surface area contributed by atoms with E-state index >= 15 is 0 Å². The second-order valence-electron chi connectivity index (χ2n) is 7.28. The molecule has 6 nitrogen and oxygen atoms in total. The number of hydrogen-bond donors (Lipinski definition) is 0. The summed E-state index contributed by atoms with van der Waals surface area (Å²) in [6.07, 6.45) is 3.37. The minimum atomic E-state index is -0.603. The lowest BCUT2D eigenvalue weighted by atomic mass is 9.98. The summed E-state index contributed by atoms with van der Waals surface area (Å²) in [6.45, 7) is 0.282. The molecule has 1 unspecified atom stereocenters. The van der Waals surface area contributed by atoms with E-state index in [2.05, 4.69) is 4.98 Å². The van der Waals surface area contributed by atoms with Crippen molar-refractivity contribution >= 4 is 28.5 Å². The Morgan fingerprint density at radius 3 is 2.65 bits per heavy atom. The molecule has 0 N–H and O–H groups in total. The molecule has 2 aromatic carbocycles. The molecule has 7 heteroatoms. The van der Waals surface area contributed by atoms with Crippen molar-refractivity contribution in [2.24, 2.45) is 0 Å². The highest BCUT2D eigenvalue weighted by Crippen LogP contribution is 2.39. The van der Waals surface area contributed by atoms with Crippen molar-refractivity contribution in [2.75, 3.05) is 7.11 Å². The second kappa shape index (κ2) is 7.56. The number of benzene rings is 2. The fourth-order valence-electron chi connectivity index (χ4n) is 3.98. The van der Waals surface area contributed by atoms with Crippen LogP contribution in [0.3, 0.4) is 0 Å². The SMILES string of the molecule is COc1ccc(C2c3c(oc4ccc(Cl)cc4c3=O)C(=O)N2Cc2cccnc2)cc1. The Bertz CT molecular complexity index is 1350. The monoisotopic (exact) mass is 432 g/mol. The minimum absolute atomic E-state index is 0.0598. The van der Waals surface area contributed by atoms with E-state index in [1.54, 1.807) is 54.7 Å². The lowest BCUT2D eigenvalue weighted by Crippen LogP contribution is -2.29. The Morgan fingerprint density at radius 1 is 1.13 bits per heavy atom. The average molecular weight is 433 g/mol. The molecule has 0 radical (unpaired) electrons. The Balaban J connectivity index is 1.72. The minimum Gasteiger partial charge on any atom is -0.497 e. The van der Waals surface area contributed by atoms with Gasteiger partial charge in [0.25, 0.3) is 5.91 Å². The average Bonchev–Trinajstić information content (AvgIpc) is 3.07. The molecule has 0 saturated heterocycles. The molecule has 0 spiro atoms. The van der Waals surface area contributed by atoms with Crippen LogP contribution in [0.4, 0.5) is 0 Å². The molecule has 154 valence electrons. The van der Waals surface area contributed by atoms with Gasteiger partial charge in [-0.25, -0.2) is 0 Å². The fraction of sp³-hybridized carbons (Fsp3) is 0.125. The van der Waals surface area contributed by atoms with Crippen LogP contribution >= 0.6 is 11.6 Å². The Hall–Kier alpha value is -3.64. The van der Waals surface area contributed by atoms with Gasteiger partial charge in [-0.15, -0.1) is 0 Å². The topological polar surface area (TPSA) is 72.6 Å². The van der Waals surface area contributed by atoms with Crippen molar-refractivity contribution in [3.63, 3.8) is 0 Å². The van der Waals surface area contributed by atoms with Gasteiger partial charge in [0.15, 0.2) is 5.43 Å². The number of ether oxygens (including phenoxy) is 1. The lowest BCUT2D eigenvalue weighted by Gasteiger charge is -2.25. The zero-order chi connectivity index (χ0) is 21.5. The number of fused-ring (bicyclic) bond motifs is 2. The normalized spacial score (nSPS) is 15.4. The molecule has 0 saturated carbocycles. The van der Waals surface area contributed by atoms with Crippen LogP contribution in [0.2, 0.25) is 5.02 Å². The Morgan fingerprint density at radius 2 is 1.94 bits per heavy atom. The largest absolute Gasteiger partial charge is 0.497 e. The van der Waals surface area contributed by atoms with E-state index in [0.29, 0.717) is 27.3 Å². The van der Waals surface area contributed by atoms with Crippen molar-refractivity contribution < 1.29 is 13.9 Å². The van der Waals surface area contributed by atoms with Crippen LogP contribution in [0.5, 0.6) is 5.75 Å². The summed E-state index contributed by atoms with van der Waals surface area (Å²) in [5.74, 6) is 0.405. The Kier molecular flexibility index (Phi) is 4.71. The van der Waals surface area contributed by atoms with Crippen LogP contribution in [0, 0.1) is 0 Å². The van der Waals surface area contributed by atoms with Crippen molar-refractivity contribution in [2.45, 2.75) is 12.6 Å². The van der Waals surface area contributed by atoms with E-state index < -0.39 is 6.04 Å². The summed E-state index contributed by atoms with van der Waals surface area (Å²) in [4.78, 5) is 32.7. The smallest absolute Gasteiger partial charge is 0.291 e. The van der Waals surface area contributed by atoms with Gasteiger partial charge in [-0.05, 0) is 47.5 Å². The molecule has 1 aliphatic heterocycles. The van der Waals surface area contributed by atoms with E-state index in [4.69, 9.17) is 20.8 Å². The molecule has 3 heterocycles. The van der Waals surface area contributed by atoms with Crippen molar-refractivity contribution in [1.82, 2.24) is 9.88 Å². The summed E-state index contributed by atoms with van der Waals surface area (Å²) < 4.78 is 11.2. The molecule has 31 heavy (non-hydrogen) atoms. The van der Waals surface area contributed by atoms with Gasteiger partial charge < -0.3 is 14.1 Å². The standard InChI is InChI=1S/C24H17ClN2O4/c1-30-17-7-4-15(5-8-17)21-20-22(28)18-11-16(25)6-9-19(18)31-23(20)24(29)27(21)13-14-3-2-10-26-12-14/h2-12,21H,13H2,1H3. The first-order valence-corrected chi connectivity index (χ1v) is 10.0. The van der Waals surface area contributed by atoms with E-state index in [9.17, 15) is 9.59 Å². The molecule has 1 amide bonds. The summed E-state index contributed by atoms with van der Waals surface area (Å²) >= 11 is 6.11. The first kappa shape index (κ1) is 19.3. The van der Waals surface area contributed by atoms with Gasteiger partial charge in [0.2, 0.25) is 5.76 Å². The number of carbonyl (C=O) groups excluding carboxylic acids is 1. The molecule has 2 aromatic heterocycles.